The largest absolute Gasteiger partial charge is 0.389 e. The minimum absolute atomic E-state index is 0.107. The Morgan fingerprint density at radius 3 is 2.64 bits per heavy atom. The standard InChI is InChI=1S/C26H32N6O/c1-4-32-17-24(20(14-27)15-28-9-10-31(2)3)25(33)23-13-22(16-29-26(23)32)30-21-11-18-7-5-6-8-19(18)12-21/h5-8,13-17,21,27-28,30H,4,9-12H2,1-3H3/b20-15+,27-14?. The first-order valence-electron chi connectivity index (χ1n) is 11.5. The van der Waals surface area contributed by atoms with Gasteiger partial charge in [-0.2, -0.15) is 0 Å². The van der Waals surface area contributed by atoms with Gasteiger partial charge in [-0.25, -0.2) is 4.98 Å². The van der Waals surface area contributed by atoms with Gasteiger partial charge in [0.2, 0.25) is 0 Å². The number of rotatable bonds is 9. The molecule has 1 aliphatic carbocycles. The molecule has 3 N–H and O–H groups in total. The predicted octanol–water partition coefficient (Wildman–Crippen LogP) is 3.14. The molecule has 0 saturated heterocycles. The van der Waals surface area contributed by atoms with E-state index in [1.807, 2.05) is 44.0 Å². The number of allylic oxidation sites excluding steroid dienone is 1. The third kappa shape index (κ3) is 4.98. The fourth-order valence-corrected chi connectivity index (χ4v) is 4.36. The van der Waals surface area contributed by atoms with Crippen LogP contribution in [0.2, 0.25) is 0 Å². The van der Waals surface area contributed by atoms with E-state index in [0.717, 1.165) is 31.6 Å². The van der Waals surface area contributed by atoms with Gasteiger partial charge in [0, 0.05) is 55.4 Å². The molecule has 0 saturated carbocycles. The summed E-state index contributed by atoms with van der Waals surface area (Å²) in [6.07, 6.45) is 8.54. The normalized spacial score (nSPS) is 14.0. The van der Waals surface area contributed by atoms with Crippen LogP contribution in [0.4, 0.5) is 5.69 Å². The van der Waals surface area contributed by atoms with Gasteiger partial charge in [-0.05, 0) is 51.1 Å². The molecule has 0 spiro atoms. The fraction of sp³-hybridized carbons (Fsp3) is 0.346. The highest BCUT2D eigenvalue weighted by Crippen LogP contribution is 2.25. The van der Waals surface area contributed by atoms with Crippen LogP contribution < -0.4 is 16.1 Å². The molecule has 2 aromatic heterocycles. The number of nitrogens with zero attached hydrogens (tertiary/aromatic N) is 3. The number of benzene rings is 1. The van der Waals surface area contributed by atoms with E-state index in [1.165, 1.54) is 17.3 Å². The van der Waals surface area contributed by atoms with Crippen LogP contribution in [0.25, 0.3) is 16.6 Å². The summed E-state index contributed by atoms with van der Waals surface area (Å²) in [5.74, 6) is 0. The number of anilines is 1. The molecule has 0 atom stereocenters. The third-order valence-electron chi connectivity index (χ3n) is 6.10. The highest BCUT2D eigenvalue weighted by atomic mass is 16.1. The summed E-state index contributed by atoms with van der Waals surface area (Å²) in [5, 5.41) is 15.2. The van der Waals surface area contributed by atoms with E-state index in [0.29, 0.717) is 28.7 Å². The Hall–Kier alpha value is -3.45. The molecule has 0 fully saturated rings. The van der Waals surface area contributed by atoms with Crippen molar-refractivity contribution in [2.24, 2.45) is 0 Å². The monoisotopic (exact) mass is 444 g/mol. The van der Waals surface area contributed by atoms with Crippen LogP contribution in [0.15, 0.2) is 53.7 Å². The van der Waals surface area contributed by atoms with E-state index in [2.05, 4.69) is 44.8 Å². The Morgan fingerprint density at radius 1 is 1.27 bits per heavy atom. The first-order chi connectivity index (χ1) is 16.0. The van der Waals surface area contributed by atoms with Gasteiger partial charge in [-0.15, -0.1) is 0 Å². The number of hydrogen-bond donors (Lipinski definition) is 3. The molecule has 2 heterocycles. The van der Waals surface area contributed by atoms with Crippen LogP contribution in [-0.2, 0) is 19.4 Å². The molecule has 172 valence electrons. The SMILES string of the molecule is CCn1cc(/C(C=N)=C/NCCN(C)C)c(=O)c2cc(NC3Cc4ccccc4C3)cnc21. The highest BCUT2D eigenvalue weighted by molar-refractivity contribution is 6.08. The van der Waals surface area contributed by atoms with E-state index in [9.17, 15) is 4.79 Å². The van der Waals surface area contributed by atoms with Gasteiger partial charge in [-0.1, -0.05) is 24.3 Å². The molecular weight excluding hydrogens is 412 g/mol. The fourth-order valence-electron chi connectivity index (χ4n) is 4.36. The maximum absolute atomic E-state index is 13.4. The number of pyridine rings is 2. The quantitative estimate of drug-likeness (QED) is 0.349. The van der Waals surface area contributed by atoms with Gasteiger partial charge in [0.05, 0.1) is 17.3 Å². The molecule has 1 aromatic carbocycles. The van der Waals surface area contributed by atoms with E-state index >= 15 is 0 Å². The third-order valence-corrected chi connectivity index (χ3v) is 6.10. The van der Waals surface area contributed by atoms with Gasteiger partial charge in [0.15, 0.2) is 5.43 Å². The number of aryl methyl sites for hydroxylation is 1. The van der Waals surface area contributed by atoms with E-state index < -0.39 is 0 Å². The zero-order valence-electron chi connectivity index (χ0n) is 19.6. The smallest absolute Gasteiger partial charge is 0.199 e. The number of fused-ring (bicyclic) bond motifs is 2. The summed E-state index contributed by atoms with van der Waals surface area (Å²) in [5.41, 5.74) is 5.23. The molecule has 33 heavy (non-hydrogen) atoms. The van der Waals surface area contributed by atoms with E-state index in [4.69, 9.17) is 5.41 Å². The minimum Gasteiger partial charge on any atom is -0.389 e. The van der Waals surface area contributed by atoms with Crippen molar-refractivity contribution in [2.45, 2.75) is 32.4 Å². The summed E-state index contributed by atoms with van der Waals surface area (Å²) in [6, 6.07) is 10.7. The molecule has 0 radical (unpaired) electrons. The second-order valence-corrected chi connectivity index (χ2v) is 8.77. The lowest BCUT2D eigenvalue weighted by Gasteiger charge is -2.16. The average molecular weight is 445 g/mol. The topological polar surface area (TPSA) is 86.0 Å². The van der Waals surface area contributed by atoms with Gasteiger partial charge in [-0.3, -0.25) is 4.79 Å². The summed E-state index contributed by atoms with van der Waals surface area (Å²) in [6.45, 7) is 4.31. The second kappa shape index (κ2) is 10.0. The Kier molecular flexibility index (Phi) is 6.89. The summed E-state index contributed by atoms with van der Waals surface area (Å²) in [4.78, 5) is 20.1. The van der Waals surface area contributed by atoms with Crippen LogP contribution >= 0.6 is 0 Å². The summed E-state index contributed by atoms with van der Waals surface area (Å²) in [7, 11) is 4.02. The molecule has 7 nitrogen and oxygen atoms in total. The average Bonchev–Trinajstić information content (AvgIpc) is 3.22. The predicted molar refractivity (Wildman–Crippen MR) is 136 cm³/mol. The molecule has 1 aliphatic rings. The van der Waals surface area contributed by atoms with Gasteiger partial charge in [0.25, 0.3) is 0 Å². The van der Waals surface area contributed by atoms with Crippen LogP contribution in [0.3, 0.4) is 0 Å². The lowest BCUT2D eigenvalue weighted by atomic mass is 10.1. The van der Waals surface area contributed by atoms with Crippen molar-refractivity contribution >= 4 is 28.5 Å². The molecule has 4 rings (SSSR count). The second-order valence-electron chi connectivity index (χ2n) is 8.77. The van der Waals surface area contributed by atoms with Crippen molar-refractivity contribution < 1.29 is 0 Å². The van der Waals surface area contributed by atoms with E-state index in [1.54, 1.807) is 6.20 Å². The highest BCUT2D eigenvalue weighted by Gasteiger charge is 2.21. The lowest BCUT2D eigenvalue weighted by Crippen LogP contribution is -2.24. The lowest BCUT2D eigenvalue weighted by molar-refractivity contribution is 0.410. The number of hydrogen-bond acceptors (Lipinski definition) is 6. The zero-order chi connectivity index (χ0) is 23.4. The number of aromatic nitrogens is 2. The molecule has 0 amide bonds. The number of nitrogens with one attached hydrogen (secondary N) is 3. The molecule has 0 unspecified atom stereocenters. The van der Waals surface area contributed by atoms with Crippen molar-refractivity contribution in [3.63, 3.8) is 0 Å². The van der Waals surface area contributed by atoms with Gasteiger partial charge < -0.3 is 25.5 Å². The van der Waals surface area contributed by atoms with Crippen LogP contribution in [0.1, 0.15) is 23.6 Å². The van der Waals surface area contributed by atoms with Crippen LogP contribution in [0, 0.1) is 5.41 Å². The van der Waals surface area contributed by atoms with Crippen molar-refractivity contribution in [2.75, 3.05) is 32.5 Å². The van der Waals surface area contributed by atoms with E-state index in [-0.39, 0.29) is 11.5 Å². The van der Waals surface area contributed by atoms with Gasteiger partial charge >= 0.3 is 0 Å². The molecule has 7 heteroatoms. The molecule has 0 bridgehead atoms. The van der Waals surface area contributed by atoms with Crippen molar-refractivity contribution in [1.29, 1.82) is 5.41 Å². The minimum atomic E-state index is -0.107. The van der Waals surface area contributed by atoms with Crippen molar-refractivity contribution in [1.82, 2.24) is 19.8 Å². The molecular formula is C26H32N6O. The summed E-state index contributed by atoms with van der Waals surface area (Å²) >= 11 is 0. The van der Waals surface area contributed by atoms with Gasteiger partial charge in [0.1, 0.15) is 5.65 Å². The first kappa shape index (κ1) is 22.7. The Balaban J connectivity index is 1.64. The first-order valence-corrected chi connectivity index (χ1v) is 11.5. The maximum atomic E-state index is 13.4. The zero-order valence-corrected chi connectivity index (χ0v) is 19.6. The Bertz CT molecular complexity index is 1220. The Morgan fingerprint density at radius 2 is 2.00 bits per heavy atom. The van der Waals surface area contributed by atoms with Crippen molar-refractivity contribution in [3.05, 3.63) is 75.8 Å². The maximum Gasteiger partial charge on any atom is 0.199 e. The van der Waals surface area contributed by atoms with Crippen LogP contribution in [-0.4, -0.2) is 53.9 Å². The van der Waals surface area contributed by atoms with Crippen LogP contribution in [0.5, 0.6) is 0 Å². The number of likely N-dealkylation sites (N-methyl/N-ethyl adjacent to an activating group) is 1. The van der Waals surface area contributed by atoms with Crippen molar-refractivity contribution in [3.8, 4) is 0 Å². The Labute approximate surface area is 194 Å². The molecule has 0 aliphatic heterocycles. The summed E-state index contributed by atoms with van der Waals surface area (Å²) < 4.78 is 1.97. The molecule has 3 aromatic rings.